The summed E-state index contributed by atoms with van der Waals surface area (Å²) in [5.74, 6) is 4.02. The first-order valence-corrected chi connectivity index (χ1v) is 4.52. The molecule has 1 saturated carbocycles. The Labute approximate surface area is 61.9 Å². The smallest absolute Gasteiger partial charge is 0.147 e. The minimum Gasteiger partial charge on any atom is -0.396 e. The second-order valence-electron chi connectivity index (χ2n) is 4.34. The Morgan fingerprint density at radius 3 is 2.80 bits per heavy atom. The van der Waals surface area contributed by atoms with E-state index in [0.717, 1.165) is 24.2 Å². The van der Waals surface area contributed by atoms with E-state index in [1.54, 1.807) is 0 Å². The van der Waals surface area contributed by atoms with Gasteiger partial charge in [0.1, 0.15) is 6.71 Å². The highest BCUT2D eigenvalue weighted by Gasteiger charge is 2.75. The van der Waals surface area contributed by atoms with Crippen molar-refractivity contribution in [1.29, 1.82) is 0 Å². The molecule has 0 amide bonds. The van der Waals surface area contributed by atoms with Crippen LogP contribution < -0.4 is 0 Å². The fourth-order valence-corrected chi connectivity index (χ4v) is 3.14. The summed E-state index contributed by atoms with van der Waals surface area (Å²) in [5, 5.41) is 8.96. The molecule has 54 valence electrons. The van der Waals surface area contributed by atoms with Crippen LogP contribution in [0.5, 0.6) is 0 Å². The van der Waals surface area contributed by atoms with E-state index in [4.69, 9.17) is 5.11 Å². The maximum atomic E-state index is 8.96. The molecule has 1 aliphatic carbocycles. The lowest BCUT2D eigenvalue weighted by atomic mass is 9.70. The van der Waals surface area contributed by atoms with Gasteiger partial charge in [-0.15, -0.1) is 0 Å². The van der Waals surface area contributed by atoms with Crippen molar-refractivity contribution in [3.05, 3.63) is 0 Å². The Hall–Kier alpha value is 0.0249. The van der Waals surface area contributed by atoms with Gasteiger partial charge in [-0.2, -0.15) is 0 Å². The van der Waals surface area contributed by atoms with Crippen molar-refractivity contribution in [2.24, 2.45) is 5.92 Å². The van der Waals surface area contributed by atoms with E-state index in [-0.39, 0.29) is 0 Å². The van der Waals surface area contributed by atoms with Crippen LogP contribution in [0.4, 0.5) is 0 Å². The fraction of sp³-hybridized carbons (Fsp3) is 1.00. The Kier molecular flexibility index (Phi) is 0.907. The molecule has 3 saturated heterocycles. The predicted octanol–water partition coefficient (Wildman–Crippen LogP) is 1.41. The molecule has 1 N–H and O–H groups in total. The molecule has 10 heavy (non-hydrogen) atoms. The average Bonchev–Trinajstić information content (AvgIpc) is 2.80. The minimum absolute atomic E-state index is 0.447. The molecule has 0 aromatic rings. The molecule has 1 nitrogen and oxygen atoms in total. The topological polar surface area (TPSA) is 20.2 Å². The number of hydrogen-bond acceptors (Lipinski definition) is 1. The molecule has 4 aliphatic rings. The second-order valence-corrected chi connectivity index (χ2v) is 4.34. The van der Waals surface area contributed by atoms with E-state index in [2.05, 4.69) is 0 Å². The second kappa shape index (κ2) is 1.61. The number of fused-ring (bicyclic) bond motifs is 3. The molecule has 4 fully saturated rings. The molecule has 0 radical (unpaired) electrons. The lowest BCUT2D eigenvalue weighted by Gasteiger charge is -2.08. The van der Waals surface area contributed by atoms with Crippen LogP contribution in [0.1, 0.15) is 19.3 Å². The molecule has 2 bridgehead atoms. The summed E-state index contributed by atoms with van der Waals surface area (Å²) in [4.78, 5) is 0. The van der Waals surface area contributed by atoms with Gasteiger partial charge in [0.2, 0.25) is 0 Å². The van der Waals surface area contributed by atoms with E-state index in [1.165, 1.54) is 19.3 Å². The zero-order valence-electron chi connectivity index (χ0n) is 6.16. The van der Waals surface area contributed by atoms with Gasteiger partial charge in [-0.05, 0) is 12.3 Å². The Balaban J connectivity index is 1.71. The summed E-state index contributed by atoms with van der Waals surface area (Å²) in [5.41, 5.74) is 0. The maximum absolute atomic E-state index is 8.96. The molecule has 3 heterocycles. The van der Waals surface area contributed by atoms with E-state index in [0.29, 0.717) is 12.5 Å². The van der Waals surface area contributed by atoms with Gasteiger partial charge in [0.15, 0.2) is 0 Å². The highest BCUT2D eigenvalue weighted by Crippen LogP contribution is 2.83. The molecule has 0 aromatic carbocycles. The van der Waals surface area contributed by atoms with Gasteiger partial charge in [0, 0.05) is 6.61 Å². The summed E-state index contributed by atoms with van der Waals surface area (Å²) in [6.07, 6.45) is 4.09. The van der Waals surface area contributed by atoms with E-state index in [9.17, 15) is 0 Å². The van der Waals surface area contributed by atoms with Crippen LogP contribution in [0.25, 0.3) is 0 Å². The van der Waals surface area contributed by atoms with E-state index in [1.807, 2.05) is 0 Å². The van der Waals surface area contributed by atoms with Gasteiger partial charge >= 0.3 is 0 Å². The molecule has 2 heteroatoms. The van der Waals surface area contributed by atoms with Crippen LogP contribution in [0.2, 0.25) is 17.5 Å². The lowest BCUT2D eigenvalue weighted by molar-refractivity contribution is 0.215. The third kappa shape index (κ3) is 0.542. The molecule has 0 aromatic heterocycles. The van der Waals surface area contributed by atoms with Crippen molar-refractivity contribution in [1.82, 2.24) is 0 Å². The van der Waals surface area contributed by atoms with Gasteiger partial charge in [-0.3, -0.25) is 0 Å². The number of aliphatic hydroxyl groups is 1. The van der Waals surface area contributed by atoms with Crippen LogP contribution >= 0.6 is 0 Å². The summed E-state index contributed by atoms with van der Waals surface area (Å²) in [6.45, 7) is 1.60. The van der Waals surface area contributed by atoms with Crippen LogP contribution in [-0.2, 0) is 0 Å². The maximum Gasteiger partial charge on any atom is 0.147 e. The van der Waals surface area contributed by atoms with Crippen molar-refractivity contribution >= 4 is 6.71 Å². The summed E-state index contributed by atoms with van der Waals surface area (Å²) in [6, 6.07) is 0. The zero-order valence-corrected chi connectivity index (χ0v) is 6.16. The highest BCUT2D eigenvalue weighted by molar-refractivity contribution is 6.88. The van der Waals surface area contributed by atoms with Crippen molar-refractivity contribution in [2.75, 3.05) is 6.61 Å². The fourth-order valence-electron chi connectivity index (χ4n) is 3.14. The van der Waals surface area contributed by atoms with Gasteiger partial charge < -0.3 is 5.11 Å². The Morgan fingerprint density at radius 1 is 1.30 bits per heavy atom. The largest absolute Gasteiger partial charge is 0.396 e. The average molecular weight is 136 g/mol. The Morgan fingerprint density at radius 2 is 2.10 bits per heavy atom. The Bertz CT molecular complexity index is 154. The van der Waals surface area contributed by atoms with Gasteiger partial charge in [0.05, 0.1) is 0 Å². The standard InChI is InChI=1S/C8H13BO/c10-4-5-1-2-6-8-7(3-5)9(6)8/h5-8,10H,1-4H2. The van der Waals surface area contributed by atoms with Gasteiger partial charge in [-0.25, -0.2) is 0 Å². The zero-order chi connectivity index (χ0) is 6.72. The quantitative estimate of drug-likeness (QED) is 0.540. The molecule has 3 aliphatic heterocycles. The highest BCUT2D eigenvalue weighted by atomic mass is 16.3. The first-order chi connectivity index (χ1) is 4.92. The molecular weight excluding hydrogens is 123 g/mol. The van der Waals surface area contributed by atoms with E-state index < -0.39 is 0 Å². The van der Waals surface area contributed by atoms with Crippen LogP contribution in [-0.4, -0.2) is 18.4 Å². The molecule has 4 unspecified atom stereocenters. The first kappa shape index (κ1) is 5.65. The van der Waals surface area contributed by atoms with Crippen LogP contribution in [0, 0.1) is 5.92 Å². The number of aliphatic hydroxyl groups excluding tert-OH is 1. The van der Waals surface area contributed by atoms with Crippen molar-refractivity contribution < 1.29 is 5.11 Å². The summed E-state index contributed by atoms with van der Waals surface area (Å²) in [7, 11) is 0. The summed E-state index contributed by atoms with van der Waals surface area (Å²) >= 11 is 0. The number of hydrogen-bond donors (Lipinski definition) is 1. The third-order valence-corrected chi connectivity index (χ3v) is 3.91. The monoisotopic (exact) mass is 136 g/mol. The minimum atomic E-state index is 0.447. The normalized spacial score (nSPS) is 55.5. The third-order valence-electron chi connectivity index (χ3n) is 3.91. The first-order valence-electron chi connectivity index (χ1n) is 4.52. The van der Waals surface area contributed by atoms with Crippen molar-refractivity contribution in [3.8, 4) is 0 Å². The lowest BCUT2D eigenvalue weighted by Crippen LogP contribution is -2.03. The van der Waals surface area contributed by atoms with Gasteiger partial charge in [0.25, 0.3) is 0 Å². The van der Waals surface area contributed by atoms with E-state index >= 15 is 0 Å². The molecule has 4 atom stereocenters. The number of rotatable bonds is 1. The predicted molar refractivity (Wildman–Crippen MR) is 41.4 cm³/mol. The van der Waals surface area contributed by atoms with Crippen molar-refractivity contribution in [3.63, 3.8) is 0 Å². The van der Waals surface area contributed by atoms with Crippen LogP contribution in [0.3, 0.4) is 0 Å². The van der Waals surface area contributed by atoms with Crippen LogP contribution in [0.15, 0.2) is 0 Å². The molecule has 0 spiro atoms. The van der Waals surface area contributed by atoms with Gasteiger partial charge in [-0.1, -0.05) is 30.3 Å². The van der Waals surface area contributed by atoms with Crippen molar-refractivity contribution in [2.45, 2.75) is 36.7 Å². The molecule has 4 rings (SSSR count). The molecular formula is C8H13BO. The summed E-state index contributed by atoms with van der Waals surface area (Å²) < 4.78 is 0. The SMILES string of the molecule is OCC1CCC2B3C(C1)C32.